The van der Waals surface area contributed by atoms with Crippen molar-refractivity contribution in [1.82, 2.24) is 0 Å². The smallest absolute Gasteiger partial charge is 0.286 e. The second kappa shape index (κ2) is 2.79. The molecule has 0 saturated carbocycles. The zero-order valence-electron chi connectivity index (χ0n) is 5.39. The quantitative estimate of drug-likeness (QED) is 0.383. The SMILES string of the molecule is O=[N+]([O-])c1cccc(O)c1S. The van der Waals surface area contributed by atoms with Crippen molar-refractivity contribution >= 4 is 18.3 Å². The van der Waals surface area contributed by atoms with E-state index < -0.39 is 4.92 Å². The number of phenolic OH excluding ortho intramolecular Hbond substituents is 1. The third kappa shape index (κ3) is 1.43. The molecule has 1 rings (SSSR count). The number of hydrogen-bond acceptors (Lipinski definition) is 4. The molecular weight excluding hydrogens is 166 g/mol. The molecular formula is C6H5NO3S. The Bertz CT molecular complexity index is 300. The van der Waals surface area contributed by atoms with Gasteiger partial charge in [0.25, 0.3) is 5.69 Å². The predicted octanol–water partition coefficient (Wildman–Crippen LogP) is 1.59. The Hall–Kier alpha value is -1.23. The van der Waals surface area contributed by atoms with Crippen LogP contribution in [0.4, 0.5) is 5.69 Å². The monoisotopic (exact) mass is 171 g/mol. The first-order valence-electron chi connectivity index (χ1n) is 2.78. The number of nitrogens with zero attached hydrogens (tertiary/aromatic N) is 1. The van der Waals surface area contributed by atoms with Crippen LogP contribution in [0.15, 0.2) is 23.1 Å². The summed E-state index contributed by atoms with van der Waals surface area (Å²) in [5.74, 6) is -0.178. The number of hydrogen-bond donors (Lipinski definition) is 2. The zero-order chi connectivity index (χ0) is 8.43. The van der Waals surface area contributed by atoms with Gasteiger partial charge in [-0.1, -0.05) is 6.07 Å². The van der Waals surface area contributed by atoms with Crippen molar-refractivity contribution in [2.75, 3.05) is 0 Å². The summed E-state index contributed by atoms with van der Waals surface area (Å²) in [6, 6.07) is 4.02. The van der Waals surface area contributed by atoms with E-state index in [2.05, 4.69) is 12.6 Å². The number of nitro groups is 1. The number of rotatable bonds is 1. The van der Waals surface area contributed by atoms with Crippen LogP contribution in [-0.4, -0.2) is 10.0 Å². The van der Waals surface area contributed by atoms with Gasteiger partial charge in [0.05, 0.1) is 4.92 Å². The lowest BCUT2D eigenvalue weighted by atomic mass is 10.3. The van der Waals surface area contributed by atoms with Gasteiger partial charge in [0.2, 0.25) is 0 Å². The number of benzene rings is 1. The standard InChI is InChI=1S/C6H5NO3S/c8-5-3-1-2-4(6(5)11)7(9)10/h1-3,8,11H. The van der Waals surface area contributed by atoms with Gasteiger partial charge in [-0.2, -0.15) is 0 Å². The lowest BCUT2D eigenvalue weighted by Gasteiger charge is -1.96. The van der Waals surface area contributed by atoms with Crippen molar-refractivity contribution in [3.63, 3.8) is 0 Å². The summed E-state index contributed by atoms with van der Waals surface area (Å²) in [4.78, 5) is 9.62. The van der Waals surface area contributed by atoms with E-state index >= 15 is 0 Å². The van der Waals surface area contributed by atoms with Crippen molar-refractivity contribution < 1.29 is 10.0 Å². The number of phenols is 1. The molecule has 58 valence electrons. The molecule has 1 N–H and O–H groups in total. The van der Waals surface area contributed by atoms with Gasteiger partial charge in [-0.05, 0) is 6.07 Å². The molecule has 11 heavy (non-hydrogen) atoms. The molecule has 0 amide bonds. The lowest BCUT2D eigenvalue weighted by molar-refractivity contribution is -0.387. The molecule has 0 aromatic heterocycles. The maximum atomic E-state index is 10.2. The molecule has 4 nitrogen and oxygen atoms in total. The molecule has 0 saturated heterocycles. The Morgan fingerprint density at radius 3 is 2.64 bits per heavy atom. The van der Waals surface area contributed by atoms with E-state index in [1.54, 1.807) is 0 Å². The fourth-order valence-electron chi connectivity index (χ4n) is 0.667. The van der Waals surface area contributed by atoms with Crippen molar-refractivity contribution in [2.45, 2.75) is 4.90 Å². The van der Waals surface area contributed by atoms with Crippen LogP contribution in [0.5, 0.6) is 5.75 Å². The minimum absolute atomic E-state index is 0.00231. The van der Waals surface area contributed by atoms with Gasteiger partial charge in [0, 0.05) is 6.07 Å². The summed E-state index contributed by atoms with van der Waals surface area (Å²) in [6.45, 7) is 0. The lowest BCUT2D eigenvalue weighted by Crippen LogP contribution is -1.88. The minimum atomic E-state index is -0.595. The first-order chi connectivity index (χ1) is 5.13. The highest BCUT2D eigenvalue weighted by Gasteiger charge is 2.12. The maximum Gasteiger partial charge on any atom is 0.286 e. The Morgan fingerprint density at radius 1 is 1.55 bits per heavy atom. The molecule has 0 aliphatic rings. The van der Waals surface area contributed by atoms with Crippen LogP contribution in [-0.2, 0) is 0 Å². The summed E-state index contributed by atoms with van der Waals surface area (Å²) in [5, 5.41) is 19.2. The maximum absolute atomic E-state index is 10.2. The molecule has 0 atom stereocenters. The van der Waals surface area contributed by atoms with Gasteiger partial charge < -0.3 is 5.11 Å². The topological polar surface area (TPSA) is 63.4 Å². The van der Waals surface area contributed by atoms with E-state index in [0.717, 1.165) is 0 Å². The summed E-state index contributed by atoms with van der Waals surface area (Å²) >= 11 is 3.76. The highest BCUT2D eigenvalue weighted by atomic mass is 32.1. The first-order valence-corrected chi connectivity index (χ1v) is 3.23. The van der Waals surface area contributed by atoms with E-state index in [-0.39, 0.29) is 16.3 Å². The van der Waals surface area contributed by atoms with Crippen LogP contribution < -0.4 is 0 Å². The van der Waals surface area contributed by atoms with Gasteiger partial charge in [0.1, 0.15) is 10.6 Å². The molecule has 0 aliphatic heterocycles. The van der Waals surface area contributed by atoms with Gasteiger partial charge in [0.15, 0.2) is 0 Å². The molecule has 5 heteroatoms. The van der Waals surface area contributed by atoms with Crippen molar-refractivity contribution in [2.24, 2.45) is 0 Å². The van der Waals surface area contributed by atoms with Gasteiger partial charge in [-0.3, -0.25) is 10.1 Å². The predicted molar refractivity (Wildman–Crippen MR) is 42.0 cm³/mol. The number of nitro benzene ring substituents is 1. The Morgan fingerprint density at radius 2 is 2.18 bits per heavy atom. The second-order valence-electron chi connectivity index (χ2n) is 1.90. The summed E-state index contributed by atoms with van der Waals surface area (Å²) in [5.41, 5.74) is -0.187. The number of thiol groups is 1. The normalized spacial score (nSPS) is 9.55. The third-order valence-electron chi connectivity index (χ3n) is 1.19. The fraction of sp³-hybridized carbons (Fsp3) is 0. The Labute approximate surface area is 68.0 Å². The molecule has 0 aliphatic carbocycles. The minimum Gasteiger partial charge on any atom is -0.507 e. The van der Waals surface area contributed by atoms with E-state index in [1.807, 2.05) is 0 Å². The van der Waals surface area contributed by atoms with Crippen LogP contribution in [0.2, 0.25) is 0 Å². The molecule has 0 unspecified atom stereocenters. The summed E-state index contributed by atoms with van der Waals surface area (Å²) in [7, 11) is 0. The molecule has 0 radical (unpaired) electrons. The Kier molecular flexibility index (Phi) is 2.00. The van der Waals surface area contributed by atoms with Gasteiger partial charge in [-0.25, -0.2) is 0 Å². The molecule has 1 aromatic carbocycles. The third-order valence-corrected chi connectivity index (χ3v) is 1.65. The summed E-state index contributed by atoms with van der Waals surface area (Å²) < 4.78 is 0. The van der Waals surface area contributed by atoms with E-state index in [0.29, 0.717) is 0 Å². The highest BCUT2D eigenvalue weighted by Crippen LogP contribution is 2.29. The van der Waals surface area contributed by atoms with E-state index in [4.69, 9.17) is 5.11 Å². The van der Waals surface area contributed by atoms with Crippen LogP contribution >= 0.6 is 12.6 Å². The van der Waals surface area contributed by atoms with Crippen LogP contribution in [0.1, 0.15) is 0 Å². The number of aromatic hydroxyl groups is 1. The van der Waals surface area contributed by atoms with E-state index in [9.17, 15) is 10.1 Å². The van der Waals surface area contributed by atoms with Crippen molar-refractivity contribution in [1.29, 1.82) is 0 Å². The average molecular weight is 171 g/mol. The van der Waals surface area contributed by atoms with Crippen molar-refractivity contribution in [3.05, 3.63) is 28.3 Å². The molecule has 0 spiro atoms. The molecule has 0 heterocycles. The van der Waals surface area contributed by atoms with Crippen LogP contribution in [0.3, 0.4) is 0 Å². The van der Waals surface area contributed by atoms with Crippen LogP contribution in [0, 0.1) is 10.1 Å². The largest absolute Gasteiger partial charge is 0.507 e. The Balaban J connectivity index is 3.27. The fourth-order valence-corrected chi connectivity index (χ4v) is 0.898. The molecule has 0 fully saturated rings. The molecule has 1 aromatic rings. The van der Waals surface area contributed by atoms with E-state index in [1.165, 1.54) is 18.2 Å². The van der Waals surface area contributed by atoms with Gasteiger partial charge >= 0.3 is 0 Å². The zero-order valence-corrected chi connectivity index (χ0v) is 6.28. The first kappa shape index (κ1) is 7.87. The van der Waals surface area contributed by atoms with Gasteiger partial charge in [-0.15, -0.1) is 12.6 Å². The molecule has 0 bridgehead atoms. The van der Waals surface area contributed by atoms with Crippen LogP contribution in [0.25, 0.3) is 0 Å². The highest BCUT2D eigenvalue weighted by molar-refractivity contribution is 7.80. The average Bonchev–Trinajstić information content (AvgIpc) is 1.94. The van der Waals surface area contributed by atoms with Crippen molar-refractivity contribution in [3.8, 4) is 5.75 Å². The second-order valence-corrected chi connectivity index (χ2v) is 2.35. The summed E-state index contributed by atoms with van der Waals surface area (Å²) in [6.07, 6.45) is 0.